The van der Waals surface area contributed by atoms with Crippen molar-refractivity contribution < 1.29 is 14.1 Å². The van der Waals surface area contributed by atoms with Crippen LogP contribution in [-0.4, -0.2) is 20.8 Å². The number of ether oxygens (including phenoxy) is 1. The summed E-state index contributed by atoms with van der Waals surface area (Å²) < 4.78 is 21.0. The molecule has 3 aromatic carbocycles. The van der Waals surface area contributed by atoms with Crippen LogP contribution in [0.25, 0.3) is 10.9 Å². The van der Waals surface area contributed by atoms with Crippen molar-refractivity contribution in [3.8, 4) is 5.75 Å². The molecule has 4 aromatic rings. The summed E-state index contributed by atoms with van der Waals surface area (Å²) in [5.41, 5.74) is 0.904. The first kappa shape index (κ1) is 25.2. The van der Waals surface area contributed by atoms with Crippen LogP contribution < -0.4 is 10.3 Å². The fraction of sp³-hybridized carbons (Fsp3) is 0.192. The molecule has 184 valence electrons. The fourth-order valence-electron chi connectivity index (χ4n) is 3.57. The van der Waals surface area contributed by atoms with E-state index >= 15 is 0 Å². The van der Waals surface area contributed by atoms with E-state index < -0.39 is 10.7 Å². The van der Waals surface area contributed by atoms with Crippen molar-refractivity contribution in [2.45, 2.75) is 32.8 Å². The normalized spacial score (nSPS) is 12.2. The van der Waals surface area contributed by atoms with E-state index in [1.54, 1.807) is 24.3 Å². The lowest BCUT2D eigenvalue weighted by Gasteiger charge is -2.14. The van der Waals surface area contributed by atoms with E-state index in [9.17, 15) is 19.3 Å². The van der Waals surface area contributed by atoms with Crippen molar-refractivity contribution in [2.75, 3.05) is 0 Å². The van der Waals surface area contributed by atoms with E-state index in [-0.39, 0.29) is 29.5 Å². The highest BCUT2D eigenvalue weighted by Crippen LogP contribution is 2.28. The van der Waals surface area contributed by atoms with Gasteiger partial charge in [0.2, 0.25) is 0 Å². The third kappa shape index (κ3) is 5.49. The lowest BCUT2D eigenvalue weighted by atomic mass is 10.1. The Morgan fingerprint density at radius 1 is 1.22 bits per heavy atom. The highest BCUT2D eigenvalue weighted by molar-refractivity contribution is 9.10. The summed E-state index contributed by atoms with van der Waals surface area (Å²) in [6.07, 6.45) is 2.12. The van der Waals surface area contributed by atoms with E-state index in [1.807, 2.05) is 19.9 Å². The molecule has 0 bridgehead atoms. The minimum absolute atomic E-state index is 0.0297. The summed E-state index contributed by atoms with van der Waals surface area (Å²) in [4.78, 5) is 29.0. The lowest BCUT2D eigenvalue weighted by Crippen LogP contribution is -2.23. The van der Waals surface area contributed by atoms with Crippen molar-refractivity contribution in [2.24, 2.45) is 5.10 Å². The number of hydrogen-bond donors (Lipinski definition) is 0. The smallest absolute Gasteiger partial charge is 0.311 e. The van der Waals surface area contributed by atoms with Crippen LogP contribution in [0, 0.1) is 15.9 Å². The van der Waals surface area contributed by atoms with Gasteiger partial charge in [0.15, 0.2) is 5.75 Å². The van der Waals surface area contributed by atoms with Crippen LogP contribution in [0.5, 0.6) is 5.75 Å². The Balaban J connectivity index is 1.69. The Hall–Kier alpha value is -3.92. The second-order valence-corrected chi connectivity index (χ2v) is 9.12. The fourth-order valence-corrected chi connectivity index (χ4v) is 3.93. The number of nitro groups is 1. The molecular formula is C26H22BrFN4O4. The average molecular weight is 553 g/mol. The summed E-state index contributed by atoms with van der Waals surface area (Å²) in [7, 11) is 0. The number of nitro benzene ring substituents is 1. The molecule has 1 atom stereocenters. The van der Waals surface area contributed by atoms with Crippen LogP contribution in [0.1, 0.15) is 43.1 Å². The minimum atomic E-state index is -0.565. The highest BCUT2D eigenvalue weighted by Gasteiger charge is 2.18. The van der Waals surface area contributed by atoms with Crippen LogP contribution in [0.2, 0.25) is 0 Å². The van der Waals surface area contributed by atoms with Gasteiger partial charge in [-0.1, -0.05) is 41.9 Å². The van der Waals surface area contributed by atoms with E-state index in [2.05, 4.69) is 26.0 Å². The summed E-state index contributed by atoms with van der Waals surface area (Å²) in [6.45, 7) is 3.91. The monoisotopic (exact) mass is 552 g/mol. The first-order chi connectivity index (χ1) is 17.3. The molecule has 0 aliphatic rings. The van der Waals surface area contributed by atoms with Crippen LogP contribution in [0.15, 0.2) is 75.0 Å². The molecule has 0 unspecified atom stereocenters. The zero-order chi connectivity index (χ0) is 25.8. The molecule has 10 heteroatoms. The number of fused-ring (bicyclic) bond motifs is 1. The van der Waals surface area contributed by atoms with Gasteiger partial charge >= 0.3 is 5.69 Å². The molecule has 0 spiro atoms. The summed E-state index contributed by atoms with van der Waals surface area (Å²) in [6, 6.07) is 15.4. The second-order valence-electron chi connectivity index (χ2n) is 8.21. The van der Waals surface area contributed by atoms with Crippen LogP contribution >= 0.6 is 15.9 Å². The van der Waals surface area contributed by atoms with Gasteiger partial charge in [-0.25, -0.2) is 9.37 Å². The van der Waals surface area contributed by atoms with E-state index in [0.29, 0.717) is 27.9 Å². The molecule has 36 heavy (non-hydrogen) atoms. The van der Waals surface area contributed by atoms with Crippen LogP contribution in [0.3, 0.4) is 0 Å². The zero-order valence-electron chi connectivity index (χ0n) is 19.5. The van der Waals surface area contributed by atoms with Crippen molar-refractivity contribution in [3.63, 3.8) is 0 Å². The van der Waals surface area contributed by atoms with Crippen molar-refractivity contribution in [1.82, 2.24) is 9.66 Å². The number of benzene rings is 3. The van der Waals surface area contributed by atoms with E-state index in [0.717, 1.165) is 10.9 Å². The predicted molar refractivity (Wildman–Crippen MR) is 139 cm³/mol. The maximum Gasteiger partial charge on any atom is 0.311 e. The summed E-state index contributed by atoms with van der Waals surface area (Å²) >= 11 is 3.38. The lowest BCUT2D eigenvalue weighted by molar-refractivity contribution is -0.385. The molecular weight excluding hydrogens is 531 g/mol. The molecule has 1 heterocycles. The molecule has 0 aliphatic heterocycles. The standard InChI is InChI=1S/C26H22BrFN4O4/c1-3-16(2)25-30-22-9-8-19(27)13-21(22)26(33)31(25)29-14-17-7-10-24(23(12-17)32(34)35)36-15-18-5-4-6-20(28)11-18/h4-14,16H,3,15H2,1-2H3/t16-/m0/s1. The van der Waals surface area contributed by atoms with Gasteiger partial charge in [-0.3, -0.25) is 14.9 Å². The van der Waals surface area contributed by atoms with Crippen molar-refractivity contribution >= 4 is 38.7 Å². The largest absolute Gasteiger partial charge is 0.482 e. The Kier molecular flexibility index (Phi) is 7.54. The summed E-state index contributed by atoms with van der Waals surface area (Å²) in [5, 5.41) is 16.4. The van der Waals surface area contributed by atoms with Gasteiger partial charge in [0.25, 0.3) is 5.56 Å². The maximum atomic E-state index is 13.4. The predicted octanol–water partition coefficient (Wildman–Crippen LogP) is 6.18. The summed E-state index contributed by atoms with van der Waals surface area (Å²) in [5.74, 6) is 0.0738. The molecule has 0 fully saturated rings. The van der Waals surface area contributed by atoms with Crippen LogP contribution in [-0.2, 0) is 6.61 Å². The number of rotatable bonds is 8. The molecule has 4 rings (SSSR count). The van der Waals surface area contributed by atoms with Gasteiger partial charge < -0.3 is 4.74 Å². The quantitative estimate of drug-likeness (QED) is 0.147. The zero-order valence-corrected chi connectivity index (χ0v) is 21.1. The molecule has 0 radical (unpaired) electrons. The van der Waals surface area contributed by atoms with E-state index in [1.165, 1.54) is 41.2 Å². The number of hydrogen-bond acceptors (Lipinski definition) is 6. The Labute approximate surface area is 214 Å². The molecule has 0 N–H and O–H groups in total. The van der Waals surface area contributed by atoms with Gasteiger partial charge in [-0.2, -0.15) is 9.78 Å². The van der Waals surface area contributed by atoms with Gasteiger partial charge in [0.1, 0.15) is 18.2 Å². The maximum absolute atomic E-state index is 13.4. The first-order valence-electron chi connectivity index (χ1n) is 11.2. The van der Waals surface area contributed by atoms with Crippen LogP contribution in [0.4, 0.5) is 10.1 Å². The molecule has 8 nitrogen and oxygen atoms in total. The first-order valence-corrected chi connectivity index (χ1v) is 12.0. The number of aromatic nitrogens is 2. The molecule has 0 aliphatic carbocycles. The Bertz CT molecular complexity index is 1540. The minimum Gasteiger partial charge on any atom is -0.482 e. The Morgan fingerprint density at radius 3 is 2.75 bits per heavy atom. The molecule has 0 saturated carbocycles. The van der Waals surface area contributed by atoms with Gasteiger partial charge in [0.05, 0.1) is 22.0 Å². The number of nitrogens with zero attached hydrogens (tertiary/aromatic N) is 4. The third-order valence-corrected chi connectivity index (χ3v) is 6.17. The van der Waals surface area contributed by atoms with Gasteiger partial charge in [-0.15, -0.1) is 0 Å². The van der Waals surface area contributed by atoms with Gasteiger partial charge in [-0.05, 0) is 54.4 Å². The molecule has 0 saturated heterocycles. The third-order valence-electron chi connectivity index (χ3n) is 5.67. The SMILES string of the molecule is CC[C@H](C)c1nc2ccc(Br)cc2c(=O)n1N=Cc1ccc(OCc2cccc(F)c2)c([N+](=O)[O-])c1. The van der Waals surface area contributed by atoms with Gasteiger partial charge in [0, 0.05) is 22.0 Å². The Morgan fingerprint density at radius 2 is 2.03 bits per heavy atom. The van der Waals surface area contributed by atoms with E-state index in [4.69, 9.17) is 4.74 Å². The number of halogens is 2. The van der Waals surface area contributed by atoms with Crippen molar-refractivity contribution in [3.05, 3.63) is 108 Å². The topological polar surface area (TPSA) is 99.6 Å². The molecule has 1 aromatic heterocycles. The second kappa shape index (κ2) is 10.8. The average Bonchev–Trinajstić information content (AvgIpc) is 2.87. The molecule has 0 amide bonds. The highest BCUT2D eigenvalue weighted by atomic mass is 79.9. The van der Waals surface area contributed by atoms with Crippen molar-refractivity contribution in [1.29, 1.82) is 0 Å².